The van der Waals surface area contributed by atoms with Crippen LogP contribution < -0.4 is 5.73 Å². The van der Waals surface area contributed by atoms with Crippen LogP contribution in [0, 0.1) is 5.92 Å². The van der Waals surface area contributed by atoms with Gasteiger partial charge in [0.2, 0.25) is 5.96 Å². The van der Waals surface area contributed by atoms with E-state index in [1.807, 2.05) is 11.9 Å². The normalized spacial score (nSPS) is 30.2. The molecule has 2 unspecified atom stereocenters. The highest BCUT2D eigenvalue weighted by Crippen LogP contribution is 2.26. The Hall–Kier alpha value is -0.930. The summed E-state index contributed by atoms with van der Waals surface area (Å²) >= 11 is 0. The average molecular weight is 185 g/mol. The first kappa shape index (κ1) is 10.2. The Morgan fingerprint density at radius 1 is 1.54 bits per heavy atom. The maximum Gasteiger partial charge on any atom is 0.233 e. The van der Waals surface area contributed by atoms with Gasteiger partial charge in [-0.25, -0.2) is 0 Å². The highest BCUT2D eigenvalue weighted by molar-refractivity contribution is 5.77. The number of hydrogen-bond donors (Lipinski definition) is 2. The van der Waals surface area contributed by atoms with Gasteiger partial charge in [0.1, 0.15) is 0 Å². The predicted molar refractivity (Wildman–Crippen MR) is 52.6 cm³/mol. The van der Waals surface area contributed by atoms with Gasteiger partial charge in [0, 0.05) is 13.1 Å². The molecule has 0 aliphatic heterocycles. The number of guanidine groups is 1. The molecule has 0 amide bonds. The monoisotopic (exact) mass is 185 g/mol. The van der Waals surface area contributed by atoms with Crippen LogP contribution in [0.1, 0.15) is 32.6 Å². The molecule has 0 spiro atoms. The van der Waals surface area contributed by atoms with Gasteiger partial charge in [-0.05, 0) is 18.8 Å². The minimum Gasteiger partial charge on any atom is -0.408 e. The molecule has 1 aliphatic carbocycles. The maximum absolute atomic E-state index is 8.52. The number of hydrogen-bond acceptors (Lipinski definition) is 2. The molecule has 0 radical (unpaired) electrons. The van der Waals surface area contributed by atoms with Crippen LogP contribution in [0.4, 0.5) is 0 Å². The van der Waals surface area contributed by atoms with Gasteiger partial charge in [-0.3, -0.25) is 0 Å². The molecule has 0 aromatic carbocycles. The highest BCUT2D eigenvalue weighted by Gasteiger charge is 2.23. The van der Waals surface area contributed by atoms with E-state index in [1.165, 1.54) is 12.8 Å². The second-order valence-corrected chi connectivity index (χ2v) is 3.99. The topological polar surface area (TPSA) is 61.8 Å². The van der Waals surface area contributed by atoms with Crippen LogP contribution in [0.5, 0.6) is 0 Å². The third-order valence-corrected chi connectivity index (χ3v) is 2.92. The number of rotatable bonds is 1. The molecule has 4 heteroatoms. The molecule has 1 fully saturated rings. The molecule has 2 atom stereocenters. The van der Waals surface area contributed by atoms with Crippen molar-refractivity contribution >= 4 is 5.96 Å². The molecule has 0 heterocycles. The quantitative estimate of drug-likeness (QED) is 0.279. The van der Waals surface area contributed by atoms with E-state index >= 15 is 0 Å². The molecule has 0 aromatic rings. The molecule has 3 N–H and O–H groups in total. The molecule has 76 valence electrons. The molecule has 1 saturated carbocycles. The zero-order valence-electron chi connectivity index (χ0n) is 8.40. The first-order valence-corrected chi connectivity index (χ1v) is 4.85. The number of nitrogens with two attached hydrogens (primary N) is 1. The average Bonchev–Trinajstić information content (AvgIpc) is 2.15. The summed E-state index contributed by atoms with van der Waals surface area (Å²) in [7, 11) is 1.89. The summed E-state index contributed by atoms with van der Waals surface area (Å²) in [5.41, 5.74) is 5.52. The van der Waals surface area contributed by atoms with Gasteiger partial charge in [-0.1, -0.05) is 24.9 Å². The van der Waals surface area contributed by atoms with Crippen LogP contribution in [0.2, 0.25) is 0 Å². The van der Waals surface area contributed by atoms with E-state index in [2.05, 4.69) is 12.1 Å². The maximum atomic E-state index is 8.52. The molecule has 4 nitrogen and oxygen atoms in total. The molecule has 0 bridgehead atoms. The fourth-order valence-electron chi connectivity index (χ4n) is 2.01. The Morgan fingerprint density at radius 3 is 2.77 bits per heavy atom. The summed E-state index contributed by atoms with van der Waals surface area (Å²) in [6, 6.07) is 0.444. The minimum atomic E-state index is 0.221. The van der Waals surface area contributed by atoms with Crippen molar-refractivity contribution < 1.29 is 5.21 Å². The third kappa shape index (κ3) is 2.50. The van der Waals surface area contributed by atoms with E-state index in [4.69, 9.17) is 10.9 Å². The summed E-state index contributed by atoms with van der Waals surface area (Å²) in [6.45, 7) is 2.26. The van der Waals surface area contributed by atoms with Crippen molar-refractivity contribution in [3.8, 4) is 0 Å². The van der Waals surface area contributed by atoms with Crippen LogP contribution in [0.15, 0.2) is 5.16 Å². The lowest BCUT2D eigenvalue weighted by Crippen LogP contribution is -2.43. The third-order valence-electron chi connectivity index (χ3n) is 2.92. The molecule has 0 saturated heterocycles. The highest BCUT2D eigenvalue weighted by atomic mass is 16.4. The lowest BCUT2D eigenvalue weighted by molar-refractivity contribution is 0.219. The second kappa shape index (κ2) is 4.35. The van der Waals surface area contributed by atoms with E-state index in [0.29, 0.717) is 6.04 Å². The molecule has 0 aromatic heterocycles. The van der Waals surface area contributed by atoms with Crippen molar-refractivity contribution in [1.82, 2.24) is 4.90 Å². The Bertz CT molecular complexity index is 193. The van der Waals surface area contributed by atoms with Crippen molar-refractivity contribution in [2.45, 2.75) is 38.6 Å². The summed E-state index contributed by atoms with van der Waals surface area (Å²) in [5.74, 6) is 0.979. The SMILES string of the molecule is CC1CCCC(N(C)C(N)=NO)C1. The number of nitrogens with zero attached hydrogens (tertiary/aromatic N) is 2. The zero-order valence-corrected chi connectivity index (χ0v) is 8.40. The summed E-state index contributed by atoms with van der Waals surface area (Å²) in [4.78, 5) is 1.87. The van der Waals surface area contributed by atoms with E-state index in [0.717, 1.165) is 18.8 Å². The summed E-state index contributed by atoms with van der Waals surface area (Å²) in [5, 5.41) is 11.5. The first-order chi connectivity index (χ1) is 6.15. The largest absolute Gasteiger partial charge is 0.408 e. The van der Waals surface area contributed by atoms with Crippen LogP contribution in [0.3, 0.4) is 0 Å². The lowest BCUT2D eigenvalue weighted by atomic mass is 9.86. The lowest BCUT2D eigenvalue weighted by Gasteiger charge is -2.34. The van der Waals surface area contributed by atoms with Crippen LogP contribution in [-0.4, -0.2) is 29.2 Å². The molecular weight excluding hydrogens is 166 g/mol. The Kier molecular flexibility index (Phi) is 3.39. The van der Waals surface area contributed by atoms with Crippen molar-refractivity contribution in [2.24, 2.45) is 16.8 Å². The minimum absolute atomic E-state index is 0.221. The fraction of sp³-hybridized carbons (Fsp3) is 0.889. The first-order valence-electron chi connectivity index (χ1n) is 4.85. The van der Waals surface area contributed by atoms with Gasteiger partial charge in [0.05, 0.1) is 0 Å². The van der Waals surface area contributed by atoms with Gasteiger partial charge in [0.25, 0.3) is 0 Å². The predicted octanol–water partition coefficient (Wildman–Crippen LogP) is 1.20. The molecule has 13 heavy (non-hydrogen) atoms. The smallest absolute Gasteiger partial charge is 0.233 e. The second-order valence-electron chi connectivity index (χ2n) is 3.99. The van der Waals surface area contributed by atoms with Crippen molar-refractivity contribution in [3.05, 3.63) is 0 Å². The Labute approximate surface area is 79.4 Å². The van der Waals surface area contributed by atoms with Gasteiger partial charge < -0.3 is 15.8 Å². The van der Waals surface area contributed by atoms with Crippen LogP contribution in [0.25, 0.3) is 0 Å². The van der Waals surface area contributed by atoms with E-state index in [9.17, 15) is 0 Å². The van der Waals surface area contributed by atoms with Crippen molar-refractivity contribution in [1.29, 1.82) is 0 Å². The van der Waals surface area contributed by atoms with Crippen LogP contribution in [-0.2, 0) is 0 Å². The van der Waals surface area contributed by atoms with Gasteiger partial charge in [0.15, 0.2) is 0 Å². The zero-order chi connectivity index (χ0) is 9.84. The van der Waals surface area contributed by atoms with E-state index in [-0.39, 0.29) is 5.96 Å². The van der Waals surface area contributed by atoms with Crippen molar-refractivity contribution in [2.75, 3.05) is 7.05 Å². The Morgan fingerprint density at radius 2 is 2.23 bits per heavy atom. The number of oxime groups is 1. The van der Waals surface area contributed by atoms with Crippen molar-refractivity contribution in [3.63, 3.8) is 0 Å². The van der Waals surface area contributed by atoms with Gasteiger partial charge in [-0.2, -0.15) is 0 Å². The van der Waals surface area contributed by atoms with Gasteiger partial charge in [-0.15, -0.1) is 0 Å². The Balaban J connectivity index is 2.50. The van der Waals surface area contributed by atoms with Crippen LogP contribution >= 0.6 is 0 Å². The fourth-order valence-corrected chi connectivity index (χ4v) is 2.01. The summed E-state index contributed by atoms with van der Waals surface area (Å²) < 4.78 is 0. The molecule has 1 aliphatic rings. The van der Waals surface area contributed by atoms with E-state index in [1.54, 1.807) is 0 Å². The summed E-state index contributed by atoms with van der Waals surface area (Å²) in [6.07, 6.45) is 4.85. The molecule has 1 rings (SSSR count). The molecular formula is C9H19N3O. The van der Waals surface area contributed by atoms with Gasteiger partial charge >= 0.3 is 0 Å². The standard InChI is InChI=1S/C9H19N3O/c1-7-4-3-5-8(6-7)12(2)9(10)11-13/h7-8,13H,3-6H2,1-2H3,(H2,10,11). The van der Waals surface area contributed by atoms with E-state index < -0.39 is 0 Å².